The molecule has 0 amide bonds. The first-order chi connectivity index (χ1) is 9.69. The molecule has 0 fully saturated rings. The van der Waals surface area contributed by atoms with Crippen LogP contribution in [0.15, 0.2) is 30.5 Å². The molecule has 0 atom stereocenters. The third-order valence-electron chi connectivity index (χ3n) is 2.99. The van der Waals surface area contributed by atoms with Crippen molar-refractivity contribution in [2.75, 3.05) is 0 Å². The van der Waals surface area contributed by atoms with Crippen LogP contribution < -0.4 is 0 Å². The maximum absolute atomic E-state index is 13.7. The molecule has 0 spiro atoms. The highest BCUT2D eigenvalue weighted by atomic mass is 19.1. The topological polar surface area (TPSA) is 67.4 Å². The van der Waals surface area contributed by atoms with E-state index in [0.717, 1.165) is 0 Å². The average molecular weight is 267 g/mol. The van der Waals surface area contributed by atoms with Gasteiger partial charge in [0.05, 0.1) is 11.9 Å². The van der Waals surface area contributed by atoms with E-state index in [4.69, 9.17) is 5.26 Å². The molecule has 20 heavy (non-hydrogen) atoms. The minimum Gasteiger partial charge on any atom is -0.241 e. The standard InChI is InChI=1S/C14H10FN5/c1-9-17-7-11-13(6-16)19-20(14(11)18-9)8-10-4-2-3-5-12(10)15/h2-5,7H,8H2,1H3. The van der Waals surface area contributed by atoms with Crippen LogP contribution in [-0.2, 0) is 6.54 Å². The van der Waals surface area contributed by atoms with Crippen LogP contribution >= 0.6 is 0 Å². The van der Waals surface area contributed by atoms with Gasteiger partial charge in [-0.25, -0.2) is 19.0 Å². The lowest BCUT2D eigenvalue weighted by Crippen LogP contribution is -2.05. The number of hydrogen-bond donors (Lipinski definition) is 0. The van der Waals surface area contributed by atoms with Crippen LogP contribution in [0, 0.1) is 24.1 Å². The number of halogens is 1. The van der Waals surface area contributed by atoms with E-state index in [1.807, 2.05) is 6.07 Å². The van der Waals surface area contributed by atoms with E-state index >= 15 is 0 Å². The molecular formula is C14H10FN5. The van der Waals surface area contributed by atoms with E-state index in [1.54, 1.807) is 31.3 Å². The van der Waals surface area contributed by atoms with Crippen molar-refractivity contribution in [3.8, 4) is 6.07 Å². The number of hydrogen-bond acceptors (Lipinski definition) is 4. The van der Waals surface area contributed by atoms with Gasteiger partial charge in [0.15, 0.2) is 11.3 Å². The van der Waals surface area contributed by atoms with Gasteiger partial charge in [-0.2, -0.15) is 10.4 Å². The van der Waals surface area contributed by atoms with Crippen molar-refractivity contribution in [1.29, 1.82) is 5.26 Å². The molecule has 0 radical (unpaired) electrons. The van der Waals surface area contributed by atoms with E-state index in [2.05, 4.69) is 15.1 Å². The highest BCUT2D eigenvalue weighted by Gasteiger charge is 2.13. The van der Waals surface area contributed by atoms with Crippen molar-refractivity contribution in [3.63, 3.8) is 0 Å². The molecular weight excluding hydrogens is 257 g/mol. The van der Waals surface area contributed by atoms with Gasteiger partial charge < -0.3 is 0 Å². The second-order valence-electron chi connectivity index (χ2n) is 4.36. The molecule has 0 N–H and O–H groups in total. The summed E-state index contributed by atoms with van der Waals surface area (Å²) >= 11 is 0. The summed E-state index contributed by atoms with van der Waals surface area (Å²) in [5, 5.41) is 13.8. The van der Waals surface area contributed by atoms with Crippen LogP contribution in [0.3, 0.4) is 0 Å². The molecule has 0 aliphatic rings. The number of nitriles is 1. The van der Waals surface area contributed by atoms with Gasteiger partial charge in [0.25, 0.3) is 0 Å². The Bertz CT molecular complexity index is 831. The van der Waals surface area contributed by atoms with E-state index in [9.17, 15) is 4.39 Å². The van der Waals surface area contributed by atoms with Crippen LogP contribution in [0.2, 0.25) is 0 Å². The number of rotatable bonds is 2. The fourth-order valence-electron chi connectivity index (χ4n) is 2.02. The Morgan fingerprint density at radius 2 is 2.15 bits per heavy atom. The highest BCUT2D eigenvalue weighted by Crippen LogP contribution is 2.17. The molecule has 0 aliphatic carbocycles. The van der Waals surface area contributed by atoms with Gasteiger partial charge in [0.1, 0.15) is 17.7 Å². The van der Waals surface area contributed by atoms with E-state index in [0.29, 0.717) is 22.4 Å². The van der Waals surface area contributed by atoms with Crippen molar-refractivity contribution >= 4 is 11.0 Å². The van der Waals surface area contributed by atoms with Crippen LogP contribution in [0.25, 0.3) is 11.0 Å². The zero-order chi connectivity index (χ0) is 14.1. The smallest absolute Gasteiger partial charge is 0.173 e. The minimum atomic E-state index is -0.305. The van der Waals surface area contributed by atoms with Crippen LogP contribution in [-0.4, -0.2) is 19.7 Å². The van der Waals surface area contributed by atoms with Gasteiger partial charge >= 0.3 is 0 Å². The first kappa shape index (κ1) is 12.2. The summed E-state index contributed by atoms with van der Waals surface area (Å²) < 4.78 is 15.2. The van der Waals surface area contributed by atoms with Crippen molar-refractivity contribution in [1.82, 2.24) is 19.7 Å². The molecule has 5 nitrogen and oxygen atoms in total. The number of benzene rings is 1. The summed E-state index contributed by atoms with van der Waals surface area (Å²) in [5.41, 5.74) is 1.28. The first-order valence-corrected chi connectivity index (χ1v) is 6.02. The Morgan fingerprint density at radius 1 is 1.35 bits per heavy atom. The molecule has 2 heterocycles. The van der Waals surface area contributed by atoms with Gasteiger partial charge in [-0.05, 0) is 13.0 Å². The fourth-order valence-corrected chi connectivity index (χ4v) is 2.02. The third-order valence-corrected chi connectivity index (χ3v) is 2.99. The maximum atomic E-state index is 13.7. The number of aryl methyl sites for hydroxylation is 1. The summed E-state index contributed by atoms with van der Waals surface area (Å²) in [6.07, 6.45) is 1.57. The molecule has 0 bridgehead atoms. The highest BCUT2D eigenvalue weighted by molar-refractivity contribution is 5.80. The molecule has 6 heteroatoms. The molecule has 3 rings (SSSR count). The van der Waals surface area contributed by atoms with Crippen LogP contribution in [0.4, 0.5) is 4.39 Å². The predicted molar refractivity (Wildman–Crippen MR) is 70.3 cm³/mol. The van der Waals surface area contributed by atoms with Gasteiger partial charge in [-0.1, -0.05) is 18.2 Å². The average Bonchev–Trinajstić information content (AvgIpc) is 2.79. The Hall–Kier alpha value is -2.81. The molecule has 1 aromatic carbocycles. The number of nitrogens with zero attached hydrogens (tertiary/aromatic N) is 5. The molecule has 0 aliphatic heterocycles. The van der Waals surface area contributed by atoms with Gasteiger partial charge in [0.2, 0.25) is 0 Å². The lowest BCUT2D eigenvalue weighted by atomic mass is 10.2. The van der Waals surface area contributed by atoms with E-state index in [1.165, 1.54) is 10.7 Å². The van der Waals surface area contributed by atoms with Crippen molar-refractivity contribution in [3.05, 3.63) is 53.4 Å². The molecule has 3 aromatic rings. The third kappa shape index (κ3) is 1.99. The summed E-state index contributed by atoms with van der Waals surface area (Å²) in [6, 6.07) is 8.47. The lowest BCUT2D eigenvalue weighted by Gasteiger charge is -2.04. The van der Waals surface area contributed by atoms with Gasteiger partial charge in [-0.3, -0.25) is 0 Å². The van der Waals surface area contributed by atoms with Crippen molar-refractivity contribution < 1.29 is 4.39 Å². The SMILES string of the molecule is Cc1ncc2c(C#N)nn(Cc3ccccc3F)c2n1. The lowest BCUT2D eigenvalue weighted by molar-refractivity contribution is 0.588. The zero-order valence-corrected chi connectivity index (χ0v) is 10.7. The Morgan fingerprint density at radius 3 is 2.90 bits per heavy atom. The summed E-state index contributed by atoms with van der Waals surface area (Å²) in [5.74, 6) is 0.275. The van der Waals surface area contributed by atoms with Crippen molar-refractivity contribution in [2.45, 2.75) is 13.5 Å². The normalized spacial score (nSPS) is 10.7. The summed E-state index contributed by atoms with van der Waals surface area (Å²) in [6.45, 7) is 1.98. The van der Waals surface area contributed by atoms with Gasteiger partial charge in [0, 0.05) is 11.8 Å². The Kier molecular flexibility index (Phi) is 2.88. The van der Waals surface area contributed by atoms with Crippen LogP contribution in [0.1, 0.15) is 17.1 Å². The minimum absolute atomic E-state index is 0.224. The zero-order valence-electron chi connectivity index (χ0n) is 10.7. The van der Waals surface area contributed by atoms with Gasteiger partial charge in [-0.15, -0.1) is 0 Å². The fraction of sp³-hybridized carbons (Fsp3) is 0.143. The Labute approximate surface area is 114 Å². The quantitative estimate of drug-likeness (QED) is 0.713. The monoisotopic (exact) mass is 267 g/mol. The first-order valence-electron chi connectivity index (χ1n) is 6.02. The van der Waals surface area contributed by atoms with Crippen molar-refractivity contribution in [2.24, 2.45) is 0 Å². The molecule has 0 saturated heterocycles. The predicted octanol–water partition coefficient (Wildman–Crippen LogP) is 2.19. The van der Waals surface area contributed by atoms with E-state index < -0.39 is 0 Å². The summed E-state index contributed by atoms with van der Waals surface area (Å²) in [4.78, 5) is 8.35. The second-order valence-corrected chi connectivity index (χ2v) is 4.36. The Balaban J connectivity index is 2.15. The van der Waals surface area contributed by atoms with E-state index in [-0.39, 0.29) is 18.1 Å². The molecule has 98 valence electrons. The molecule has 2 aromatic heterocycles. The maximum Gasteiger partial charge on any atom is 0.173 e. The largest absolute Gasteiger partial charge is 0.241 e. The number of fused-ring (bicyclic) bond motifs is 1. The summed E-state index contributed by atoms with van der Waals surface area (Å²) in [7, 11) is 0. The molecule has 0 saturated carbocycles. The second kappa shape index (κ2) is 4.70. The molecule has 0 unspecified atom stereocenters. The number of aromatic nitrogens is 4. The van der Waals surface area contributed by atoms with Crippen LogP contribution in [0.5, 0.6) is 0 Å².